The van der Waals surface area contributed by atoms with Gasteiger partial charge in [0.05, 0.1) is 17.9 Å². The third-order valence-electron chi connectivity index (χ3n) is 10.5. The molecule has 6 atom stereocenters. The molecule has 1 aromatic carbocycles. The molecule has 0 aliphatic carbocycles. The van der Waals surface area contributed by atoms with E-state index in [0.29, 0.717) is 0 Å². The fraction of sp³-hybridized carbons (Fsp3) is 0.571. The fourth-order valence-corrected chi connectivity index (χ4v) is 7.69. The van der Waals surface area contributed by atoms with Crippen molar-refractivity contribution in [1.82, 2.24) is 37.2 Å². The lowest BCUT2D eigenvalue weighted by Gasteiger charge is -2.33. The van der Waals surface area contributed by atoms with Crippen LogP contribution >= 0.6 is 11.8 Å². The van der Waals surface area contributed by atoms with Crippen molar-refractivity contribution >= 4 is 88.5 Å². The first kappa shape index (κ1) is 57.9. The Morgan fingerprint density at radius 3 is 1.97 bits per heavy atom. The number of aliphatic carboxylic acids is 3. The van der Waals surface area contributed by atoms with E-state index < -0.39 is 157 Å². The molecule has 9 amide bonds. The van der Waals surface area contributed by atoms with Gasteiger partial charge in [0.25, 0.3) is 0 Å². The third-order valence-corrected chi connectivity index (χ3v) is 11.6. The molecule has 0 unspecified atom stereocenters. The molecule has 69 heavy (non-hydrogen) atoms. The van der Waals surface area contributed by atoms with Crippen LogP contribution in [0.3, 0.4) is 0 Å². The quantitative estimate of drug-likeness (QED) is 0.0465. The number of nitrogens with two attached hydrogens (primary N) is 3. The standard InChI is InChI=1S/C42H62N10O16S/c1-20(2)13-24-36(61)50-25(15-21-9-10-29(53)23(43)14-21)38(63)52-42(3,11-6-8-33(57)58)41(68)51-27(17-30(44)54)35(60)46-12-5-4-7-31(55)48-28(34(45)59)18-69-19-32(56)47-26(37(62)49-24)16-22(39(64)65)40(66)67/h9-10,14,20,22,24-28,53H,4-8,11-13,15-19,43H2,1-3H3,(H2,44,54)(H2,45,59)(H,46,60)(H,47,56)(H,48,55)(H,49,62)(H,50,61)(H,51,68)(H,52,63)(H,57,58)(H,64,65)(H,66,67)/t24-,25-,26-,27-,28-,42-/m0/s1. The van der Waals surface area contributed by atoms with E-state index >= 15 is 0 Å². The summed E-state index contributed by atoms with van der Waals surface area (Å²) in [4.78, 5) is 156. The number of carbonyl (C=O) groups is 12. The molecule has 1 aliphatic heterocycles. The maximum atomic E-state index is 14.4. The first-order valence-corrected chi connectivity index (χ1v) is 22.9. The largest absolute Gasteiger partial charge is 0.506 e. The number of rotatable bonds is 15. The number of phenols is 1. The first-order chi connectivity index (χ1) is 32.2. The number of amides is 9. The number of anilines is 1. The molecule has 0 bridgehead atoms. The van der Waals surface area contributed by atoms with E-state index in [1.807, 2.05) is 0 Å². The molecule has 26 nitrogen and oxygen atoms in total. The third kappa shape index (κ3) is 20.3. The monoisotopic (exact) mass is 994 g/mol. The van der Waals surface area contributed by atoms with E-state index in [2.05, 4.69) is 37.2 Å². The van der Waals surface area contributed by atoms with Crippen LogP contribution in [0.4, 0.5) is 5.69 Å². The average Bonchev–Trinajstić information content (AvgIpc) is 3.23. The van der Waals surface area contributed by atoms with Crippen molar-refractivity contribution in [3.8, 4) is 5.75 Å². The highest BCUT2D eigenvalue weighted by atomic mass is 32.2. The van der Waals surface area contributed by atoms with Crippen LogP contribution in [-0.4, -0.2) is 145 Å². The molecule has 27 heteroatoms. The summed E-state index contributed by atoms with van der Waals surface area (Å²) in [7, 11) is 0. The second kappa shape index (κ2) is 27.6. The summed E-state index contributed by atoms with van der Waals surface area (Å²) in [5.74, 6) is -17.6. The zero-order valence-corrected chi connectivity index (χ0v) is 39.1. The van der Waals surface area contributed by atoms with Crippen molar-refractivity contribution in [3.63, 3.8) is 0 Å². The molecule has 1 fully saturated rings. The van der Waals surface area contributed by atoms with Crippen molar-refractivity contribution in [3.05, 3.63) is 23.8 Å². The number of aromatic hydroxyl groups is 1. The summed E-state index contributed by atoms with van der Waals surface area (Å²) in [6.07, 6.45) is -3.31. The zero-order chi connectivity index (χ0) is 52.2. The van der Waals surface area contributed by atoms with E-state index in [9.17, 15) is 78.0 Å². The summed E-state index contributed by atoms with van der Waals surface area (Å²) in [6.45, 7) is 4.40. The average molecular weight is 995 g/mol. The predicted octanol–water partition coefficient (Wildman–Crippen LogP) is -3.31. The number of thioether (sulfide) groups is 1. The molecule has 0 spiro atoms. The molecule has 1 saturated heterocycles. The molecular weight excluding hydrogens is 933 g/mol. The van der Waals surface area contributed by atoms with Gasteiger partial charge >= 0.3 is 17.9 Å². The summed E-state index contributed by atoms with van der Waals surface area (Å²) >= 11 is 0.769. The van der Waals surface area contributed by atoms with Crippen molar-refractivity contribution in [1.29, 1.82) is 0 Å². The van der Waals surface area contributed by atoms with Crippen LogP contribution in [0, 0.1) is 11.8 Å². The van der Waals surface area contributed by atoms with Gasteiger partial charge in [-0.15, -0.1) is 11.8 Å². The number of nitrogen functional groups attached to an aromatic ring is 1. The normalized spacial score (nSPS) is 23.4. The predicted molar refractivity (Wildman–Crippen MR) is 244 cm³/mol. The molecule has 382 valence electrons. The lowest BCUT2D eigenvalue weighted by atomic mass is 9.91. The highest BCUT2D eigenvalue weighted by Gasteiger charge is 2.40. The van der Waals surface area contributed by atoms with Gasteiger partial charge in [0.1, 0.15) is 41.5 Å². The molecule has 2 rings (SSSR count). The number of hydrogen-bond donors (Lipinski definition) is 14. The van der Waals surface area contributed by atoms with Crippen LogP contribution in [0.15, 0.2) is 18.2 Å². The Labute approximate surface area is 400 Å². The Kier molecular flexibility index (Phi) is 23.2. The van der Waals surface area contributed by atoms with Crippen molar-refractivity contribution < 1.29 is 78.0 Å². The van der Waals surface area contributed by atoms with Crippen LogP contribution in [0.1, 0.15) is 84.1 Å². The molecule has 1 heterocycles. The van der Waals surface area contributed by atoms with Gasteiger partial charge in [-0.1, -0.05) is 19.9 Å². The van der Waals surface area contributed by atoms with E-state index in [1.165, 1.54) is 25.1 Å². The Balaban J connectivity index is 2.76. The van der Waals surface area contributed by atoms with Gasteiger partial charge in [-0.25, -0.2) is 0 Å². The maximum absolute atomic E-state index is 14.4. The lowest BCUT2D eigenvalue weighted by Crippen LogP contribution is -2.64. The highest BCUT2D eigenvalue weighted by Crippen LogP contribution is 2.23. The molecular formula is C42H62N10O16S. The van der Waals surface area contributed by atoms with Gasteiger partial charge < -0.3 is 74.8 Å². The van der Waals surface area contributed by atoms with Gasteiger partial charge in [-0.3, -0.25) is 57.5 Å². The lowest BCUT2D eigenvalue weighted by molar-refractivity contribution is -0.155. The van der Waals surface area contributed by atoms with Crippen LogP contribution in [0.25, 0.3) is 0 Å². The van der Waals surface area contributed by atoms with E-state index in [-0.39, 0.29) is 61.4 Å². The van der Waals surface area contributed by atoms with Crippen molar-refractivity contribution in [2.75, 3.05) is 23.8 Å². The van der Waals surface area contributed by atoms with Crippen molar-refractivity contribution in [2.45, 2.75) is 121 Å². The number of nitrogens with one attached hydrogen (secondary N) is 7. The van der Waals surface area contributed by atoms with Crippen LogP contribution in [0.2, 0.25) is 0 Å². The number of carbonyl (C=O) groups excluding carboxylic acids is 9. The number of primary amides is 2. The minimum atomic E-state index is -2.24. The second-order valence-electron chi connectivity index (χ2n) is 17.0. The highest BCUT2D eigenvalue weighted by molar-refractivity contribution is 8.00. The number of carboxylic acids is 3. The van der Waals surface area contributed by atoms with E-state index in [0.717, 1.165) is 11.8 Å². The number of phenolic OH excluding ortho intramolecular Hbond substituents is 1. The smallest absolute Gasteiger partial charge is 0.317 e. The molecule has 0 radical (unpaired) electrons. The van der Waals surface area contributed by atoms with Gasteiger partial charge in [0, 0.05) is 38.0 Å². The van der Waals surface area contributed by atoms with Crippen LogP contribution in [0.5, 0.6) is 5.75 Å². The molecule has 0 saturated carbocycles. The molecule has 17 N–H and O–H groups in total. The molecule has 1 aromatic rings. The Bertz CT molecular complexity index is 2090. The number of benzene rings is 1. The summed E-state index contributed by atoms with van der Waals surface area (Å²) < 4.78 is 0. The molecule has 1 aliphatic rings. The van der Waals surface area contributed by atoms with Crippen LogP contribution < -0.4 is 54.4 Å². The first-order valence-electron chi connectivity index (χ1n) is 21.7. The maximum Gasteiger partial charge on any atom is 0.317 e. The SMILES string of the molecule is CC(C)C[C@@H]1NC(=O)[C@H](CC(C(=O)O)C(=O)O)NC(=O)CSC[C@@H](C(N)=O)NC(=O)CCCCNC(=O)[C@H](CC(N)=O)NC(=O)[C@](C)(CCCC(=O)O)NC(=O)[C@H](Cc2ccc(O)c(N)c2)NC1=O. The Hall–Kier alpha value is -7.19. The van der Waals surface area contributed by atoms with Gasteiger partial charge in [-0.05, 0) is 62.6 Å². The Morgan fingerprint density at radius 2 is 1.41 bits per heavy atom. The van der Waals surface area contributed by atoms with Gasteiger partial charge in [-0.2, -0.15) is 0 Å². The fourth-order valence-electron chi connectivity index (χ4n) is 6.82. The van der Waals surface area contributed by atoms with Crippen molar-refractivity contribution in [2.24, 2.45) is 23.3 Å². The second-order valence-corrected chi connectivity index (χ2v) is 18.0. The summed E-state index contributed by atoms with van der Waals surface area (Å²) in [5.41, 5.74) is 14.8. The van der Waals surface area contributed by atoms with Gasteiger partial charge in [0.2, 0.25) is 53.2 Å². The number of hydrogen-bond acceptors (Lipinski definition) is 15. The topological polar surface area (TPSA) is 448 Å². The summed E-state index contributed by atoms with van der Waals surface area (Å²) in [5, 5.41) is 55.8. The van der Waals surface area contributed by atoms with E-state index in [1.54, 1.807) is 13.8 Å². The summed E-state index contributed by atoms with van der Waals surface area (Å²) in [6, 6.07) is -4.26. The van der Waals surface area contributed by atoms with Crippen LogP contribution in [-0.2, 0) is 64.0 Å². The number of carboxylic acid groups (broad SMARTS) is 3. The minimum Gasteiger partial charge on any atom is -0.506 e. The van der Waals surface area contributed by atoms with Gasteiger partial charge in [0.15, 0.2) is 5.92 Å². The molecule has 0 aromatic heterocycles. The minimum absolute atomic E-state index is 0.0902. The van der Waals surface area contributed by atoms with E-state index in [4.69, 9.17) is 17.2 Å². The zero-order valence-electron chi connectivity index (χ0n) is 38.3. The Morgan fingerprint density at radius 1 is 0.783 bits per heavy atom.